The van der Waals surface area contributed by atoms with E-state index < -0.39 is 6.10 Å². The number of benzene rings is 1. The molecule has 0 radical (unpaired) electrons. The second kappa shape index (κ2) is 7.39. The zero-order chi connectivity index (χ0) is 13.5. The second-order valence-corrected chi connectivity index (χ2v) is 4.84. The molecule has 0 saturated carbocycles. The van der Waals surface area contributed by atoms with Crippen molar-refractivity contribution in [3.05, 3.63) is 29.8 Å². The van der Waals surface area contributed by atoms with Crippen molar-refractivity contribution in [2.75, 3.05) is 13.7 Å². The summed E-state index contributed by atoms with van der Waals surface area (Å²) in [4.78, 5) is 0. The third-order valence-corrected chi connectivity index (χ3v) is 3.53. The molecule has 0 aliphatic carbocycles. The minimum absolute atomic E-state index is 0.0669. The molecular formula is C15H25NO2. The maximum absolute atomic E-state index is 10.4. The number of methoxy groups -OCH3 is 1. The maximum atomic E-state index is 10.4. The second-order valence-electron chi connectivity index (χ2n) is 4.84. The SMILES string of the molecule is CCCC(C)C(O)C(CN)c1ccccc1OC. The molecule has 3 unspecified atom stereocenters. The van der Waals surface area contributed by atoms with E-state index in [4.69, 9.17) is 10.5 Å². The fourth-order valence-electron chi connectivity index (χ4n) is 2.45. The van der Waals surface area contributed by atoms with Crippen LogP contribution < -0.4 is 10.5 Å². The Kier molecular flexibility index (Phi) is 6.16. The van der Waals surface area contributed by atoms with Crippen molar-refractivity contribution in [1.29, 1.82) is 0 Å². The number of aliphatic hydroxyl groups is 1. The summed E-state index contributed by atoms with van der Waals surface area (Å²) in [5.41, 5.74) is 6.85. The number of ether oxygens (including phenoxy) is 1. The van der Waals surface area contributed by atoms with Gasteiger partial charge in [0, 0.05) is 18.0 Å². The van der Waals surface area contributed by atoms with Gasteiger partial charge in [0.1, 0.15) is 5.75 Å². The van der Waals surface area contributed by atoms with Crippen molar-refractivity contribution in [1.82, 2.24) is 0 Å². The van der Waals surface area contributed by atoms with Gasteiger partial charge in [0.15, 0.2) is 0 Å². The highest BCUT2D eigenvalue weighted by atomic mass is 16.5. The van der Waals surface area contributed by atoms with E-state index in [1.807, 2.05) is 24.3 Å². The van der Waals surface area contributed by atoms with E-state index in [0.717, 1.165) is 24.2 Å². The van der Waals surface area contributed by atoms with Crippen LogP contribution in [0.1, 0.15) is 38.2 Å². The molecule has 1 aromatic rings. The molecule has 3 nitrogen and oxygen atoms in total. The van der Waals surface area contributed by atoms with Crippen LogP contribution in [0, 0.1) is 5.92 Å². The molecule has 0 amide bonds. The van der Waals surface area contributed by atoms with E-state index in [1.54, 1.807) is 7.11 Å². The smallest absolute Gasteiger partial charge is 0.122 e. The fraction of sp³-hybridized carbons (Fsp3) is 0.600. The molecule has 0 bridgehead atoms. The molecule has 0 saturated heterocycles. The zero-order valence-electron chi connectivity index (χ0n) is 11.6. The normalized spacial score (nSPS) is 16.1. The quantitative estimate of drug-likeness (QED) is 0.783. The predicted octanol–water partition coefficient (Wildman–Crippen LogP) is 2.53. The van der Waals surface area contributed by atoms with Gasteiger partial charge >= 0.3 is 0 Å². The number of para-hydroxylation sites is 1. The van der Waals surface area contributed by atoms with Crippen molar-refractivity contribution in [3.63, 3.8) is 0 Å². The van der Waals surface area contributed by atoms with E-state index in [-0.39, 0.29) is 11.8 Å². The van der Waals surface area contributed by atoms with Crippen LogP contribution in [0.15, 0.2) is 24.3 Å². The highest BCUT2D eigenvalue weighted by Crippen LogP contribution is 2.31. The summed E-state index contributed by atoms with van der Waals surface area (Å²) in [5, 5.41) is 10.4. The van der Waals surface area contributed by atoms with Crippen molar-refractivity contribution in [3.8, 4) is 5.75 Å². The lowest BCUT2D eigenvalue weighted by atomic mass is 9.84. The van der Waals surface area contributed by atoms with E-state index in [1.165, 1.54) is 0 Å². The Balaban J connectivity index is 2.94. The summed E-state index contributed by atoms with van der Waals surface area (Å²) in [6, 6.07) is 7.78. The Morgan fingerprint density at radius 2 is 2.00 bits per heavy atom. The number of hydrogen-bond acceptors (Lipinski definition) is 3. The average Bonchev–Trinajstić information content (AvgIpc) is 2.40. The molecule has 1 rings (SSSR count). The van der Waals surface area contributed by atoms with Gasteiger partial charge in [-0.3, -0.25) is 0 Å². The van der Waals surface area contributed by atoms with Crippen molar-refractivity contribution < 1.29 is 9.84 Å². The molecular weight excluding hydrogens is 226 g/mol. The topological polar surface area (TPSA) is 55.5 Å². The van der Waals surface area contributed by atoms with E-state index in [0.29, 0.717) is 6.54 Å². The lowest BCUT2D eigenvalue weighted by Gasteiger charge is -2.28. The van der Waals surface area contributed by atoms with Crippen LogP contribution in [0.2, 0.25) is 0 Å². The summed E-state index contributed by atoms with van der Waals surface area (Å²) in [7, 11) is 1.65. The van der Waals surface area contributed by atoms with E-state index in [2.05, 4.69) is 13.8 Å². The van der Waals surface area contributed by atoms with E-state index >= 15 is 0 Å². The lowest BCUT2D eigenvalue weighted by molar-refractivity contribution is 0.0850. The van der Waals surface area contributed by atoms with Gasteiger partial charge in [0.05, 0.1) is 13.2 Å². The number of hydrogen-bond donors (Lipinski definition) is 2. The molecule has 0 aliphatic heterocycles. The Morgan fingerprint density at radius 3 is 2.56 bits per heavy atom. The minimum Gasteiger partial charge on any atom is -0.496 e. The Labute approximate surface area is 110 Å². The molecule has 102 valence electrons. The lowest BCUT2D eigenvalue weighted by Crippen LogP contribution is -2.31. The molecule has 1 aromatic carbocycles. The van der Waals surface area contributed by atoms with Gasteiger partial charge in [-0.15, -0.1) is 0 Å². The van der Waals surface area contributed by atoms with Gasteiger partial charge in [-0.2, -0.15) is 0 Å². The van der Waals surface area contributed by atoms with Crippen LogP contribution in [0.25, 0.3) is 0 Å². The first-order chi connectivity index (χ1) is 8.65. The van der Waals surface area contributed by atoms with Crippen LogP contribution >= 0.6 is 0 Å². The maximum Gasteiger partial charge on any atom is 0.122 e. The molecule has 3 atom stereocenters. The van der Waals surface area contributed by atoms with Crippen LogP contribution in [0.4, 0.5) is 0 Å². The van der Waals surface area contributed by atoms with Crippen molar-refractivity contribution in [2.45, 2.75) is 38.7 Å². The summed E-state index contributed by atoms with van der Waals surface area (Å²) in [6.07, 6.45) is 1.65. The van der Waals surface area contributed by atoms with Crippen LogP contribution in [0.3, 0.4) is 0 Å². The Hall–Kier alpha value is -1.06. The van der Waals surface area contributed by atoms with Crippen molar-refractivity contribution in [2.24, 2.45) is 11.7 Å². The van der Waals surface area contributed by atoms with Crippen LogP contribution in [-0.2, 0) is 0 Å². The zero-order valence-corrected chi connectivity index (χ0v) is 11.6. The van der Waals surface area contributed by atoms with Crippen molar-refractivity contribution >= 4 is 0 Å². The number of aliphatic hydroxyl groups excluding tert-OH is 1. The molecule has 0 aliphatic rings. The number of rotatable bonds is 7. The van der Waals surface area contributed by atoms with Gasteiger partial charge in [0.25, 0.3) is 0 Å². The molecule has 0 heterocycles. The van der Waals surface area contributed by atoms with Crippen LogP contribution in [-0.4, -0.2) is 24.9 Å². The average molecular weight is 251 g/mol. The summed E-state index contributed by atoms with van der Waals surface area (Å²) in [6.45, 7) is 4.63. The third kappa shape index (κ3) is 3.47. The van der Waals surface area contributed by atoms with Gasteiger partial charge in [-0.05, 0) is 18.4 Å². The van der Waals surface area contributed by atoms with Gasteiger partial charge < -0.3 is 15.6 Å². The number of nitrogens with two attached hydrogens (primary N) is 1. The standard InChI is InChI=1S/C15H25NO2/c1-4-7-11(2)15(17)13(10-16)12-8-5-6-9-14(12)18-3/h5-6,8-9,11,13,15,17H,4,7,10,16H2,1-3H3. The monoisotopic (exact) mass is 251 g/mol. The van der Waals surface area contributed by atoms with E-state index in [9.17, 15) is 5.11 Å². The first kappa shape index (κ1) is 15.0. The van der Waals surface area contributed by atoms with Gasteiger partial charge in [-0.1, -0.05) is 38.5 Å². The molecule has 18 heavy (non-hydrogen) atoms. The molecule has 3 N–H and O–H groups in total. The van der Waals surface area contributed by atoms with Gasteiger partial charge in [0.2, 0.25) is 0 Å². The predicted molar refractivity (Wildman–Crippen MR) is 74.9 cm³/mol. The highest BCUT2D eigenvalue weighted by Gasteiger charge is 2.26. The third-order valence-electron chi connectivity index (χ3n) is 3.53. The molecule has 0 spiro atoms. The molecule has 3 heteroatoms. The highest BCUT2D eigenvalue weighted by molar-refractivity contribution is 5.37. The summed E-state index contributed by atoms with van der Waals surface area (Å²) >= 11 is 0. The first-order valence-corrected chi connectivity index (χ1v) is 6.66. The minimum atomic E-state index is -0.425. The summed E-state index contributed by atoms with van der Waals surface area (Å²) in [5.74, 6) is 0.979. The summed E-state index contributed by atoms with van der Waals surface area (Å²) < 4.78 is 5.35. The largest absolute Gasteiger partial charge is 0.496 e. The molecule has 0 aromatic heterocycles. The molecule has 0 fully saturated rings. The first-order valence-electron chi connectivity index (χ1n) is 6.66. The Bertz CT molecular complexity index is 354. The van der Waals surface area contributed by atoms with Gasteiger partial charge in [-0.25, -0.2) is 0 Å². The Morgan fingerprint density at radius 1 is 1.33 bits per heavy atom. The fourth-order valence-corrected chi connectivity index (χ4v) is 2.45. The van der Waals surface area contributed by atoms with Crippen LogP contribution in [0.5, 0.6) is 5.75 Å².